The first kappa shape index (κ1) is 25.3. The van der Waals surface area contributed by atoms with E-state index < -0.39 is 58.0 Å². The Morgan fingerprint density at radius 3 is 2.37 bits per heavy atom. The molecule has 3 aliphatic rings. The normalized spacial score (nSPS) is 26.4. The van der Waals surface area contributed by atoms with Gasteiger partial charge in [0.1, 0.15) is 22.8 Å². The summed E-state index contributed by atoms with van der Waals surface area (Å²) in [4.78, 5) is 40.5. The van der Waals surface area contributed by atoms with E-state index in [-0.39, 0.29) is 29.7 Å². The number of carbonyl (C=O) groups is 3. The molecule has 1 fully saturated rings. The molecule has 0 aromatic heterocycles. The van der Waals surface area contributed by atoms with Crippen LogP contribution in [0.5, 0.6) is 5.75 Å². The van der Waals surface area contributed by atoms with Gasteiger partial charge in [-0.1, -0.05) is 30.0 Å². The van der Waals surface area contributed by atoms with E-state index in [0.29, 0.717) is 11.1 Å². The number of rotatable bonds is 2. The third kappa shape index (κ3) is 3.53. The quantitative estimate of drug-likeness (QED) is 0.297. The maximum Gasteiger partial charge on any atom is 0.255 e. The lowest BCUT2D eigenvalue weighted by atomic mass is 9.57. The number of phenolic OH excluding ortho intramolecular Hbond substituents is 1. The number of nitrogens with zero attached hydrogens (tertiary/aromatic N) is 1. The molecule has 4 atom stereocenters. The van der Waals surface area contributed by atoms with Crippen LogP contribution in [0.15, 0.2) is 59.4 Å². The standard InChI is InChI=1S/C29H26N2O7/c1-31(2)23-18-13-16-12-17-15(9-8-14-6-4-3-5-7-14)10-11-19(32)21(17)24(33)20(16)26(35)29(18,38)27(36)22(25(23)34)28(30)37/h3-7,10-11,16,18,23,32-33,36,38H,12-13H2,1-2H3,(H2,30,37)/t16-,18-,23-,29+/m0/s1. The van der Waals surface area contributed by atoms with Crippen LogP contribution in [-0.2, 0) is 20.8 Å². The Hall–Kier alpha value is -4.39. The van der Waals surface area contributed by atoms with Gasteiger partial charge in [-0.2, -0.15) is 0 Å². The number of ketones is 2. The number of aliphatic hydroxyl groups excluding tert-OH is 2. The van der Waals surface area contributed by atoms with Crippen LogP contribution in [0.1, 0.15) is 28.7 Å². The predicted octanol–water partition coefficient (Wildman–Crippen LogP) is 1.36. The van der Waals surface area contributed by atoms with Crippen molar-refractivity contribution in [2.24, 2.45) is 17.6 Å². The number of hydrogen-bond acceptors (Lipinski definition) is 8. The number of hydrogen-bond donors (Lipinski definition) is 5. The van der Waals surface area contributed by atoms with E-state index in [0.717, 1.165) is 5.56 Å². The van der Waals surface area contributed by atoms with Crippen LogP contribution < -0.4 is 5.73 Å². The number of aromatic hydroxyl groups is 1. The molecule has 38 heavy (non-hydrogen) atoms. The van der Waals surface area contributed by atoms with Gasteiger partial charge in [0.15, 0.2) is 11.4 Å². The molecular weight excluding hydrogens is 488 g/mol. The minimum Gasteiger partial charge on any atom is -0.508 e. The van der Waals surface area contributed by atoms with Gasteiger partial charge in [0.25, 0.3) is 5.91 Å². The first-order valence-electron chi connectivity index (χ1n) is 12.0. The van der Waals surface area contributed by atoms with Crippen molar-refractivity contribution in [2.75, 3.05) is 14.1 Å². The molecule has 5 rings (SSSR count). The second-order valence-electron chi connectivity index (χ2n) is 10.1. The zero-order chi connectivity index (χ0) is 27.5. The van der Waals surface area contributed by atoms with Gasteiger partial charge in [0.05, 0.1) is 11.6 Å². The van der Waals surface area contributed by atoms with Gasteiger partial charge < -0.3 is 26.2 Å². The fourth-order valence-electron chi connectivity index (χ4n) is 6.02. The maximum atomic E-state index is 13.8. The van der Waals surface area contributed by atoms with E-state index in [4.69, 9.17) is 5.73 Å². The predicted molar refractivity (Wildman–Crippen MR) is 137 cm³/mol. The van der Waals surface area contributed by atoms with Gasteiger partial charge in [0, 0.05) is 22.6 Å². The molecule has 194 valence electrons. The number of fused-ring (bicyclic) bond motifs is 3. The van der Waals surface area contributed by atoms with Crippen molar-refractivity contribution < 1.29 is 34.8 Å². The highest BCUT2D eigenvalue weighted by atomic mass is 16.3. The number of benzene rings is 2. The first-order valence-corrected chi connectivity index (χ1v) is 12.0. The van der Waals surface area contributed by atoms with Gasteiger partial charge in [0.2, 0.25) is 5.78 Å². The fraction of sp³-hybridized carbons (Fsp3) is 0.276. The summed E-state index contributed by atoms with van der Waals surface area (Å²) < 4.78 is 0. The summed E-state index contributed by atoms with van der Waals surface area (Å²) in [6.07, 6.45) is 0.203. The monoisotopic (exact) mass is 514 g/mol. The van der Waals surface area contributed by atoms with Gasteiger partial charge in [-0.25, -0.2) is 0 Å². The highest BCUT2D eigenvalue weighted by molar-refractivity contribution is 6.24. The van der Waals surface area contributed by atoms with Crippen LogP contribution in [0, 0.1) is 23.7 Å². The molecule has 2 aromatic rings. The Balaban J connectivity index is 1.69. The Bertz CT molecular complexity index is 1530. The third-order valence-electron chi connectivity index (χ3n) is 7.72. The van der Waals surface area contributed by atoms with Crippen molar-refractivity contribution in [1.29, 1.82) is 0 Å². The zero-order valence-corrected chi connectivity index (χ0v) is 20.7. The number of aliphatic hydroxyl groups is 3. The van der Waals surface area contributed by atoms with E-state index in [1.54, 1.807) is 20.2 Å². The highest BCUT2D eigenvalue weighted by Gasteiger charge is 2.64. The number of Topliss-reactive ketones (excluding diaryl/α,β-unsaturated/α-hetero) is 2. The molecular formula is C29H26N2O7. The molecule has 0 saturated heterocycles. The molecule has 0 heterocycles. The van der Waals surface area contributed by atoms with Crippen molar-refractivity contribution >= 4 is 23.2 Å². The van der Waals surface area contributed by atoms with E-state index in [1.165, 1.54) is 11.0 Å². The largest absolute Gasteiger partial charge is 0.508 e. The lowest BCUT2D eigenvalue weighted by Gasteiger charge is -2.50. The van der Waals surface area contributed by atoms with Gasteiger partial charge in [-0.05, 0) is 62.7 Å². The second-order valence-corrected chi connectivity index (χ2v) is 10.1. The van der Waals surface area contributed by atoms with Gasteiger partial charge >= 0.3 is 0 Å². The number of likely N-dealkylation sites (N-methyl/N-ethyl adjacent to an activating group) is 1. The van der Waals surface area contributed by atoms with Crippen molar-refractivity contribution in [3.05, 3.63) is 81.6 Å². The average molecular weight is 515 g/mol. The molecule has 1 amide bonds. The van der Waals surface area contributed by atoms with E-state index >= 15 is 0 Å². The van der Waals surface area contributed by atoms with Crippen molar-refractivity contribution in [1.82, 2.24) is 4.90 Å². The second kappa shape index (κ2) is 8.87. The minimum atomic E-state index is -2.66. The van der Waals surface area contributed by atoms with Crippen molar-refractivity contribution in [3.8, 4) is 17.6 Å². The summed E-state index contributed by atoms with van der Waals surface area (Å²) in [5.41, 5.74) is 3.50. The first-order chi connectivity index (χ1) is 18.0. The molecule has 0 unspecified atom stereocenters. The van der Waals surface area contributed by atoms with E-state index in [1.807, 2.05) is 30.3 Å². The number of carbonyl (C=O) groups excluding carboxylic acids is 3. The molecule has 0 radical (unpaired) electrons. The van der Waals surface area contributed by atoms with Gasteiger partial charge in [-0.15, -0.1) is 0 Å². The van der Waals surface area contributed by atoms with Crippen LogP contribution in [-0.4, -0.2) is 68.5 Å². The number of amides is 1. The summed E-state index contributed by atoms with van der Waals surface area (Å²) in [5, 5.41) is 44.5. The van der Waals surface area contributed by atoms with Crippen LogP contribution in [0.3, 0.4) is 0 Å². The van der Waals surface area contributed by atoms with Crippen LogP contribution in [0.4, 0.5) is 0 Å². The van der Waals surface area contributed by atoms with Gasteiger partial charge in [-0.3, -0.25) is 19.3 Å². The smallest absolute Gasteiger partial charge is 0.255 e. The Labute approximate surface area is 218 Å². The lowest BCUT2D eigenvalue weighted by Crippen LogP contribution is -2.65. The molecule has 2 aromatic carbocycles. The Morgan fingerprint density at radius 2 is 1.74 bits per heavy atom. The molecule has 9 heteroatoms. The SMILES string of the molecule is CN(C)[C@@H]1C(=O)C(C(N)=O)=C(O)[C@]2(O)C(=O)C3=C(O)c4c(O)ccc(C#Cc5ccccc5)c4C[C@H]3C[C@@H]12. The van der Waals surface area contributed by atoms with E-state index in [2.05, 4.69) is 11.8 Å². The molecule has 0 aliphatic heterocycles. The van der Waals surface area contributed by atoms with Crippen LogP contribution in [0.2, 0.25) is 0 Å². The molecule has 0 spiro atoms. The van der Waals surface area contributed by atoms with Crippen LogP contribution >= 0.6 is 0 Å². The van der Waals surface area contributed by atoms with E-state index in [9.17, 15) is 34.8 Å². The Kier molecular flexibility index (Phi) is 5.90. The fourth-order valence-corrected chi connectivity index (χ4v) is 6.02. The number of nitrogens with two attached hydrogens (primary N) is 1. The summed E-state index contributed by atoms with van der Waals surface area (Å²) in [6, 6.07) is 11.1. The topological polar surface area (TPSA) is 161 Å². The van der Waals surface area contributed by atoms with Crippen LogP contribution in [0.25, 0.3) is 5.76 Å². The summed E-state index contributed by atoms with van der Waals surface area (Å²) in [6.45, 7) is 0. The molecule has 1 saturated carbocycles. The molecule has 9 nitrogen and oxygen atoms in total. The minimum absolute atomic E-state index is 0.0150. The average Bonchev–Trinajstić information content (AvgIpc) is 2.86. The summed E-state index contributed by atoms with van der Waals surface area (Å²) in [7, 11) is 3.12. The summed E-state index contributed by atoms with van der Waals surface area (Å²) in [5.74, 6) is -0.684. The van der Waals surface area contributed by atoms with Crippen molar-refractivity contribution in [3.63, 3.8) is 0 Å². The summed E-state index contributed by atoms with van der Waals surface area (Å²) >= 11 is 0. The molecule has 0 bridgehead atoms. The zero-order valence-electron chi connectivity index (χ0n) is 20.7. The Morgan fingerprint density at radius 1 is 1.05 bits per heavy atom. The number of primary amides is 1. The van der Waals surface area contributed by atoms with Crippen molar-refractivity contribution in [2.45, 2.75) is 24.5 Å². The number of phenols is 1. The maximum absolute atomic E-state index is 13.8. The molecule has 3 aliphatic carbocycles. The highest BCUT2D eigenvalue weighted by Crippen LogP contribution is 2.52. The lowest BCUT2D eigenvalue weighted by molar-refractivity contribution is -0.153. The third-order valence-corrected chi connectivity index (χ3v) is 7.72. The molecule has 6 N–H and O–H groups in total.